The van der Waals surface area contributed by atoms with E-state index in [1.807, 2.05) is 6.07 Å². The maximum atomic E-state index is 13.7. The largest absolute Gasteiger partial charge is 0.334 e. The standard InChI is InChI=1S/C16H10F2N6/c17-11-5-3-6-12(18)15(11)22-14-9-20-24-16(23-14)21-13-7-2-1-4-10(13)8-19/h1-7,9H,(H2,21,22,23,24). The van der Waals surface area contributed by atoms with Crippen LogP contribution in [-0.4, -0.2) is 15.2 Å². The molecule has 1 aromatic heterocycles. The number of nitriles is 1. The third kappa shape index (κ3) is 3.25. The molecule has 0 bridgehead atoms. The predicted molar refractivity (Wildman–Crippen MR) is 83.9 cm³/mol. The monoisotopic (exact) mass is 324 g/mol. The van der Waals surface area contributed by atoms with Crippen LogP contribution in [0.4, 0.5) is 31.9 Å². The van der Waals surface area contributed by atoms with Crippen molar-refractivity contribution in [2.24, 2.45) is 0 Å². The van der Waals surface area contributed by atoms with Gasteiger partial charge in [-0.25, -0.2) is 8.78 Å². The molecule has 0 fully saturated rings. The van der Waals surface area contributed by atoms with Crippen LogP contribution in [0.1, 0.15) is 5.56 Å². The number of nitrogens with one attached hydrogen (secondary N) is 2. The lowest BCUT2D eigenvalue weighted by Gasteiger charge is -2.09. The van der Waals surface area contributed by atoms with Crippen molar-refractivity contribution < 1.29 is 8.78 Å². The Bertz CT molecular complexity index is 902. The molecule has 0 amide bonds. The Labute approximate surface area is 135 Å². The third-order valence-electron chi connectivity index (χ3n) is 3.07. The number of benzene rings is 2. The molecule has 6 nitrogen and oxygen atoms in total. The number of para-hydroxylation sites is 2. The van der Waals surface area contributed by atoms with Crippen molar-refractivity contribution in [3.05, 3.63) is 65.9 Å². The fourth-order valence-corrected chi connectivity index (χ4v) is 1.97. The van der Waals surface area contributed by atoms with Crippen molar-refractivity contribution in [3.8, 4) is 6.07 Å². The number of hydrogen-bond acceptors (Lipinski definition) is 6. The molecule has 3 aromatic rings. The molecule has 0 atom stereocenters. The molecular weight excluding hydrogens is 314 g/mol. The van der Waals surface area contributed by atoms with Crippen LogP contribution in [0.15, 0.2) is 48.7 Å². The van der Waals surface area contributed by atoms with Crippen LogP contribution < -0.4 is 10.6 Å². The molecule has 2 aromatic carbocycles. The summed E-state index contributed by atoms with van der Waals surface area (Å²) >= 11 is 0. The van der Waals surface area contributed by atoms with E-state index in [4.69, 9.17) is 5.26 Å². The van der Waals surface area contributed by atoms with Crippen molar-refractivity contribution in [1.82, 2.24) is 15.2 Å². The van der Waals surface area contributed by atoms with E-state index in [-0.39, 0.29) is 17.5 Å². The lowest BCUT2D eigenvalue weighted by Crippen LogP contribution is -2.05. The summed E-state index contributed by atoms with van der Waals surface area (Å²) in [5.41, 5.74) is 0.567. The van der Waals surface area contributed by atoms with Gasteiger partial charge in [-0.1, -0.05) is 18.2 Å². The van der Waals surface area contributed by atoms with Crippen molar-refractivity contribution in [3.63, 3.8) is 0 Å². The number of nitrogens with zero attached hydrogens (tertiary/aromatic N) is 4. The molecule has 0 radical (unpaired) electrons. The van der Waals surface area contributed by atoms with Crippen LogP contribution in [-0.2, 0) is 0 Å². The van der Waals surface area contributed by atoms with Gasteiger partial charge in [0.2, 0.25) is 5.95 Å². The second kappa shape index (κ2) is 6.66. The van der Waals surface area contributed by atoms with Crippen LogP contribution in [0, 0.1) is 23.0 Å². The fraction of sp³-hybridized carbons (Fsp3) is 0. The van der Waals surface area contributed by atoms with Crippen molar-refractivity contribution in [1.29, 1.82) is 5.26 Å². The van der Waals surface area contributed by atoms with E-state index in [2.05, 4.69) is 25.8 Å². The molecule has 1 heterocycles. The highest BCUT2D eigenvalue weighted by Gasteiger charge is 2.10. The minimum absolute atomic E-state index is 0.0828. The lowest BCUT2D eigenvalue weighted by atomic mass is 10.2. The molecule has 0 aliphatic rings. The molecule has 0 spiro atoms. The first-order valence-corrected chi connectivity index (χ1v) is 6.84. The molecule has 0 aliphatic heterocycles. The van der Waals surface area contributed by atoms with Gasteiger partial charge in [0.15, 0.2) is 5.82 Å². The Balaban J connectivity index is 1.86. The van der Waals surface area contributed by atoms with Crippen LogP contribution in [0.25, 0.3) is 0 Å². The van der Waals surface area contributed by atoms with Crippen LogP contribution in [0.2, 0.25) is 0 Å². The molecule has 24 heavy (non-hydrogen) atoms. The quantitative estimate of drug-likeness (QED) is 0.764. The number of halogens is 2. The van der Waals surface area contributed by atoms with Gasteiger partial charge in [0.25, 0.3) is 0 Å². The third-order valence-corrected chi connectivity index (χ3v) is 3.07. The van der Waals surface area contributed by atoms with Gasteiger partial charge in [-0.3, -0.25) is 0 Å². The molecule has 3 rings (SSSR count). The summed E-state index contributed by atoms with van der Waals surface area (Å²) in [6.45, 7) is 0. The molecular formula is C16H10F2N6. The summed E-state index contributed by atoms with van der Waals surface area (Å²) in [6.07, 6.45) is 1.23. The molecule has 2 N–H and O–H groups in total. The average Bonchev–Trinajstić information content (AvgIpc) is 2.59. The highest BCUT2D eigenvalue weighted by molar-refractivity contribution is 5.64. The number of aromatic nitrogens is 3. The zero-order chi connectivity index (χ0) is 16.9. The van der Waals surface area contributed by atoms with Gasteiger partial charge in [-0.15, -0.1) is 5.10 Å². The maximum Gasteiger partial charge on any atom is 0.249 e. The SMILES string of the molecule is N#Cc1ccccc1Nc1nncc(Nc2c(F)cccc2F)n1. The van der Waals surface area contributed by atoms with Gasteiger partial charge in [0.05, 0.1) is 17.4 Å². The van der Waals surface area contributed by atoms with E-state index in [1.165, 1.54) is 12.3 Å². The molecule has 0 unspecified atom stereocenters. The Morgan fingerprint density at radius 3 is 2.46 bits per heavy atom. The van der Waals surface area contributed by atoms with E-state index in [0.717, 1.165) is 12.1 Å². The highest BCUT2D eigenvalue weighted by Crippen LogP contribution is 2.23. The maximum absolute atomic E-state index is 13.7. The fourth-order valence-electron chi connectivity index (χ4n) is 1.97. The molecule has 8 heteroatoms. The number of anilines is 4. The number of rotatable bonds is 4. The van der Waals surface area contributed by atoms with Crippen LogP contribution >= 0.6 is 0 Å². The van der Waals surface area contributed by atoms with E-state index >= 15 is 0 Å². The smallest absolute Gasteiger partial charge is 0.249 e. The first kappa shape index (κ1) is 15.3. The van der Waals surface area contributed by atoms with Crippen molar-refractivity contribution in [2.75, 3.05) is 10.6 Å². The molecule has 118 valence electrons. The Kier molecular flexibility index (Phi) is 4.25. The summed E-state index contributed by atoms with van der Waals surface area (Å²) in [7, 11) is 0. The second-order valence-electron chi connectivity index (χ2n) is 4.67. The van der Waals surface area contributed by atoms with Gasteiger partial charge in [0.1, 0.15) is 23.4 Å². The minimum atomic E-state index is -0.752. The summed E-state index contributed by atoms with van der Waals surface area (Å²) in [6, 6.07) is 12.3. The van der Waals surface area contributed by atoms with Crippen LogP contribution in [0.3, 0.4) is 0 Å². The first-order chi connectivity index (χ1) is 11.7. The van der Waals surface area contributed by atoms with Gasteiger partial charge in [-0.2, -0.15) is 15.3 Å². The number of hydrogen-bond donors (Lipinski definition) is 2. The van der Waals surface area contributed by atoms with E-state index < -0.39 is 11.6 Å². The van der Waals surface area contributed by atoms with E-state index in [1.54, 1.807) is 24.3 Å². The van der Waals surface area contributed by atoms with E-state index in [9.17, 15) is 8.78 Å². The normalized spacial score (nSPS) is 10.0. The first-order valence-electron chi connectivity index (χ1n) is 6.84. The zero-order valence-corrected chi connectivity index (χ0v) is 12.2. The molecule has 0 saturated carbocycles. The van der Waals surface area contributed by atoms with Gasteiger partial charge in [0, 0.05) is 0 Å². The Morgan fingerprint density at radius 2 is 1.71 bits per heavy atom. The zero-order valence-electron chi connectivity index (χ0n) is 12.2. The molecule has 0 saturated heterocycles. The van der Waals surface area contributed by atoms with E-state index in [0.29, 0.717) is 11.3 Å². The molecule has 0 aliphatic carbocycles. The second-order valence-corrected chi connectivity index (χ2v) is 4.67. The van der Waals surface area contributed by atoms with Crippen LogP contribution in [0.5, 0.6) is 0 Å². The lowest BCUT2D eigenvalue weighted by molar-refractivity contribution is 0.590. The summed E-state index contributed by atoms with van der Waals surface area (Å²) in [4.78, 5) is 4.08. The van der Waals surface area contributed by atoms with Gasteiger partial charge in [-0.05, 0) is 24.3 Å². The minimum Gasteiger partial charge on any atom is -0.334 e. The predicted octanol–water partition coefficient (Wildman–Crippen LogP) is 3.51. The Hall–Kier alpha value is -3.60. The van der Waals surface area contributed by atoms with Gasteiger partial charge >= 0.3 is 0 Å². The van der Waals surface area contributed by atoms with Crippen molar-refractivity contribution >= 4 is 23.1 Å². The summed E-state index contributed by atoms with van der Waals surface area (Å²) in [5.74, 6) is -1.32. The summed E-state index contributed by atoms with van der Waals surface area (Å²) < 4.78 is 27.3. The van der Waals surface area contributed by atoms with Crippen molar-refractivity contribution in [2.45, 2.75) is 0 Å². The van der Waals surface area contributed by atoms with Gasteiger partial charge < -0.3 is 10.6 Å². The topological polar surface area (TPSA) is 86.5 Å². The Morgan fingerprint density at radius 1 is 0.958 bits per heavy atom. The average molecular weight is 324 g/mol. The highest BCUT2D eigenvalue weighted by atomic mass is 19.1. The summed E-state index contributed by atoms with van der Waals surface area (Å²) in [5, 5.41) is 21.9.